The molecule has 0 amide bonds. The number of nitrogens with zero attached hydrogens (tertiary/aromatic N) is 4. The number of hydrogen-bond donors (Lipinski definition) is 0. The summed E-state index contributed by atoms with van der Waals surface area (Å²) in [6, 6.07) is 8.62. The van der Waals surface area contributed by atoms with E-state index < -0.39 is 0 Å². The zero-order chi connectivity index (χ0) is 16.8. The molecule has 2 fully saturated rings. The highest BCUT2D eigenvalue weighted by atomic mass is 16.5. The molecule has 25 heavy (non-hydrogen) atoms. The van der Waals surface area contributed by atoms with Crippen LogP contribution in [0.15, 0.2) is 35.0 Å². The Bertz CT molecular complexity index is 907. The monoisotopic (exact) mass is 334 g/mol. The van der Waals surface area contributed by atoms with Gasteiger partial charge in [0.2, 0.25) is 5.89 Å². The van der Waals surface area contributed by atoms with Crippen LogP contribution in [-0.2, 0) is 0 Å². The van der Waals surface area contributed by atoms with Crippen LogP contribution in [0.2, 0.25) is 0 Å². The average molecular weight is 334 g/mol. The van der Waals surface area contributed by atoms with Crippen LogP contribution in [0.3, 0.4) is 0 Å². The molecule has 0 atom stereocenters. The molecule has 0 bridgehead atoms. The van der Waals surface area contributed by atoms with Gasteiger partial charge < -0.3 is 9.42 Å². The summed E-state index contributed by atoms with van der Waals surface area (Å²) in [6.45, 7) is 4.17. The minimum absolute atomic E-state index is 0.419. The number of anilines is 1. The standard InChI is InChI=1S/C20H22N4O/c1-13-2-5-17-16(12-13)18(6-9-21-17)24-10-7-14(8-11-24)19-22-20(25-23-19)15-3-4-15/h2,5-6,9,12,14-15H,3-4,7-8,10-11H2,1H3. The van der Waals surface area contributed by atoms with Gasteiger partial charge in [-0.15, -0.1) is 0 Å². The van der Waals surface area contributed by atoms with Gasteiger partial charge in [0, 0.05) is 42.2 Å². The maximum absolute atomic E-state index is 5.44. The van der Waals surface area contributed by atoms with Crippen LogP contribution in [0, 0.1) is 6.92 Å². The average Bonchev–Trinajstić information content (AvgIpc) is 3.38. The summed E-state index contributed by atoms with van der Waals surface area (Å²) in [4.78, 5) is 11.6. The molecule has 2 aliphatic rings. The topological polar surface area (TPSA) is 55.1 Å². The molecule has 0 N–H and O–H groups in total. The molecule has 1 aromatic carbocycles. The molecule has 1 saturated heterocycles. The smallest absolute Gasteiger partial charge is 0.229 e. The third-order valence-electron chi connectivity index (χ3n) is 5.46. The highest BCUT2D eigenvalue weighted by Crippen LogP contribution is 2.40. The first kappa shape index (κ1) is 14.9. The molecule has 3 heterocycles. The van der Waals surface area contributed by atoms with E-state index in [1.807, 2.05) is 6.20 Å². The molecule has 128 valence electrons. The van der Waals surface area contributed by atoms with Gasteiger partial charge in [-0.3, -0.25) is 4.98 Å². The van der Waals surface area contributed by atoms with Gasteiger partial charge in [0.25, 0.3) is 0 Å². The molecule has 5 nitrogen and oxygen atoms in total. The minimum Gasteiger partial charge on any atom is -0.371 e. The second-order valence-electron chi connectivity index (χ2n) is 7.38. The Balaban J connectivity index is 1.35. The quantitative estimate of drug-likeness (QED) is 0.719. The first-order valence-electron chi connectivity index (χ1n) is 9.22. The predicted molar refractivity (Wildman–Crippen MR) is 96.9 cm³/mol. The van der Waals surface area contributed by atoms with Crippen molar-refractivity contribution in [3.8, 4) is 0 Å². The van der Waals surface area contributed by atoms with Gasteiger partial charge in [-0.1, -0.05) is 16.8 Å². The molecular formula is C20H22N4O. The fourth-order valence-corrected chi connectivity index (χ4v) is 3.81. The van der Waals surface area contributed by atoms with E-state index in [0.29, 0.717) is 11.8 Å². The van der Waals surface area contributed by atoms with E-state index in [4.69, 9.17) is 4.52 Å². The van der Waals surface area contributed by atoms with Crippen LogP contribution < -0.4 is 4.90 Å². The van der Waals surface area contributed by atoms with Crippen molar-refractivity contribution in [2.24, 2.45) is 0 Å². The third kappa shape index (κ3) is 2.77. The van der Waals surface area contributed by atoms with Crippen LogP contribution in [0.5, 0.6) is 0 Å². The maximum atomic E-state index is 5.44. The maximum Gasteiger partial charge on any atom is 0.229 e. The van der Waals surface area contributed by atoms with Gasteiger partial charge in [-0.2, -0.15) is 4.98 Å². The lowest BCUT2D eigenvalue weighted by molar-refractivity contribution is 0.365. The van der Waals surface area contributed by atoms with Crippen LogP contribution in [0.4, 0.5) is 5.69 Å². The molecule has 1 saturated carbocycles. The Morgan fingerprint density at radius 3 is 2.68 bits per heavy atom. The lowest BCUT2D eigenvalue weighted by Crippen LogP contribution is -2.33. The van der Waals surface area contributed by atoms with E-state index >= 15 is 0 Å². The van der Waals surface area contributed by atoms with E-state index in [9.17, 15) is 0 Å². The number of hydrogen-bond acceptors (Lipinski definition) is 5. The number of fused-ring (bicyclic) bond motifs is 1. The number of aryl methyl sites for hydroxylation is 1. The summed E-state index contributed by atoms with van der Waals surface area (Å²) in [6.07, 6.45) is 6.46. The molecule has 5 heteroatoms. The van der Waals surface area contributed by atoms with E-state index in [0.717, 1.165) is 43.2 Å². The van der Waals surface area contributed by atoms with Crippen molar-refractivity contribution in [1.82, 2.24) is 15.1 Å². The Hall–Kier alpha value is -2.43. The van der Waals surface area contributed by atoms with Crippen molar-refractivity contribution in [2.45, 2.75) is 44.4 Å². The zero-order valence-corrected chi connectivity index (χ0v) is 14.5. The summed E-state index contributed by atoms with van der Waals surface area (Å²) < 4.78 is 5.44. The number of benzene rings is 1. The van der Waals surface area contributed by atoms with Crippen molar-refractivity contribution in [3.63, 3.8) is 0 Å². The predicted octanol–water partition coefficient (Wildman–Crippen LogP) is 4.19. The SMILES string of the molecule is Cc1ccc2nccc(N3CCC(c4noc(C5CC5)n4)CC3)c2c1. The normalized spacial score (nSPS) is 18.8. The zero-order valence-electron chi connectivity index (χ0n) is 14.5. The molecule has 0 spiro atoms. The van der Waals surface area contributed by atoms with Gasteiger partial charge in [0.15, 0.2) is 5.82 Å². The van der Waals surface area contributed by atoms with Gasteiger partial charge in [-0.25, -0.2) is 0 Å². The Morgan fingerprint density at radius 1 is 1.04 bits per heavy atom. The lowest BCUT2D eigenvalue weighted by Gasteiger charge is -2.33. The fraction of sp³-hybridized carbons (Fsp3) is 0.450. The van der Waals surface area contributed by atoms with Gasteiger partial charge in [-0.05, 0) is 50.8 Å². The van der Waals surface area contributed by atoms with E-state index in [-0.39, 0.29) is 0 Å². The third-order valence-corrected chi connectivity index (χ3v) is 5.46. The molecule has 3 aromatic rings. The van der Waals surface area contributed by atoms with E-state index in [1.165, 1.54) is 29.5 Å². The fourth-order valence-electron chi connectivity index (χ4n) is 3.81. The van der Waals surface area contributed by atoms with Crippen molar-refractivity contribution in [2.75, 3.05) is 18.0 Å². The molecule has 2 aromatic heterocycles. The van der Waals surface area contributed by atoms with Crippen molar-refractivity contribution >= 4 is 16.6 Å². The van der Waals surface area contributed by atoms with Crippen LogP contribution in [0.25, 0.3) is 10.9 Å². The lowest BCUT2D eigenvalue weighted by atomic mass is 9.95. The first-order chi connectivity index (χ1) is 12.3. The van der Waals surface area contributed by atoms with Gasteiger partial charge in [0.05, 0.1) is 5.52 Å². The van der Waals surface area contributed by atoms with Crippen LogP contribution >= 0.6 is 0 Å². The molecule has 0 unspecified atom stereocenters. The molecule has 5 rings (SSSR count). The molecule has 1 aliphatic heterocycles. The molecule has 1 aliphatic carbocycles. The summed E-state index contributed by atoms with van der Waals surface area (Å²) >= 11 is 0. The highest BCUT2D eigenvalue weighted by Gasteiger charge is 2.32. The van der Waals surface area contributed by atoms with Crippen molar-refractivity contribution in [1.29, 1.82) is 0 Å². The minimum atomic E-state index is 0.419. The number of aromatic nitrogens is 3. The summed E-state index contributed by atoms with van der Waals surface area (Å²) in [5.74, 6) is 2.72. The summed E-state index contributed by atoms with van der Waals surface area (Å²) in [5, 5.41) is 5.49. The van der Waals surface area contributed by atoms with E-state index in [1.54, 1.807) is 0 Å². The Morgan fingerprint density at radius 2 is 1.88 bits per heavy atom. The number of piperidine rings is 1. The van der Waals surface area contributed by atoms with Gasteiger partial charge >= 0.3 is 0 Å². The highest BCUT2D eigenvalue weighted by molar-refractivity contribution is 5.92. The second kappa shape index (κ2) is 5.83. The van der Waals surface area contributed by atoms with Crippen LogP contribution in [0.1, 0.15) is 54.8 Å². The molecule has 0 radical (unpaired) electrons. The molecular weight excluding hydrogens is 312 g/mol. The number of rotatable bonds is 3. The van der Waals surface area contributed by atoms with Gasteiger partial charge in [0.1, 0.15) is 0 Å². The summed E-state index contributed by atoms with van der Waals surface area (Å²) in [7, 11) is 0. The van der Waals surface area contributed by atoms with E-state index in [2.05, 4.69) is 51.2 Å². The Labute approximate surface area is 147 Å². The Kier molecular flexibility index (Phi) is 3.47. The summed E-state index contributed by atoms with van der Waals surface area (Å²) in [5.41, 5.74) is 3.63. The van der Waals surface area contributed by atoms with Crippen molar-refractivity contribution < 1.29 is 4.52 Å². The van der Waals surface area contributed by atoms with Crippen molar-refractivity contribution in [3.05, 3.63) is 47.7 Å². The number of pyridine rings is 1. The second-order valence-corrected chi connectivity index (χ2v) is 7.38. The largest absolute Gasteiger partial charge is 0.371 e. The first-order valence-corrected chi connectivity index (χ1v) is 9.22. The van der Waals surface area contributed by atoms with Crippen LogP contribution in [-0.4, -0.2) is 28.2 Å².